The molecular weight excluding hydrogens is 236 g/mol. The summed E-state index contributed by atoms with van der Waals surface area (Å²) in [6.07, 6.45) is -1.06. The Morgan fingerprint density at radius 1 is 1.50 bits per heavy atom. The summed E-state index contributed by atoms with van der Waals surface area (Å²) < 4.78 is 4.82. The normalized spacial score (nSPS) is 12.0. The summed E-state index contributed by atoms with van der Waals surface area (Å²) >= 11 is 0. The van der Waals surface area contributed by atoms with Crippen LogP contribution in [0.3, 0.4) is 0 Å². The largest absolute Gasteiger partial charge is 0.459 e. The van der Waals surface area contributed by atoms with Crippen LogP contribution in [-0.2, 0) is 4.74 Å². The molecule has 1 aromatic rings. The molecule has 100 valence electrons. The van der Waals surface area contributed by atoms with Gasteiger partial charge in [0.2, 0.25) is 0 Å². The highest BCUT2D eigenvalue weighted by Gasteiger charge is 2.12. The van der Waals surface area contributed by atoms with Crippen molar-refractivity contribution < 1.29 is 19.7 Å². The molecule has 0 saturated heterocycles. The number of esters is 1. The molecule has 1 aromatic carbocycles. The van der Waals surface area contributed by atoms with Crippen LogP contribution in [-0.4, -0.2) is 49.6 Å². The lowest BCUT2D eigenvalue weighted by Crippen LogP contribution is -2.22. The van der Waals surface area contributed by atoms with E-state index in [-0.39, 0.29) is 6.61 Å². The standard InChI is InChI=1S/C12H18N2O4/c1-14(2)11-4-3-8(5-10(11)13)12(17)18-7-9(16)6-15/h3-5,9,15-16H,6-7,13H2,1-2H3. The van der Waals surface area contributed by atoms with E-state index in [4.69, 9.17) is 20.7 Å². The maximum atomic E-state index is 11.6. The van der Waals surface area contributed by atoms with Gasteiger partial charge in [-0.15, -0.1) is 0 Å². The van der Waals surface area contributed by atoms with Crippen molar-refractivity contribution in [3.8, 4) is 0 Å². The van der Waals surface area contributed by atoms with Crippen LogP contribution in [0.5, 0.6) is 0 Å². The number of rotatable bonds is 5. The fourth-order valence-electron chi connectivity index (χ4n) is 1.40. The van der Waals surface area contributed by atoms with Gasteiger partial charge in [-0.3, -0.25) is 0 Å². The van der Waals surface area contributed by atoms with E-state index in [0.29, 0.717) is 11.3 Å². The van der Waals surface area contributed by atoms with E-state index in [2.05, 4.69) is 0 Å². The molecule has 18 heavy (non-hydrogen) atoms. The van der Waals surface area contributed by atoms with Crippen LogP contribution >= 0.6 is 0 Å². The van der Waals surface area contributed by atoms with E-state index in [1.807, 2.05) is 19.0 Å². The minimum atomic E-state index is -1.06. The maximum absolute atomic E-state index is 11.6. The Labute approximate surface area is 106 Å². The summed E-state index contributed by atoms with van der Waals surface area (Å²) in [6, 6.07) is 4.83. The second kappa shape index (κ2) is 6.23. The summed E-state index contributed by atoms with van der Waals surface area (Å²) in [5.74, 6) is -0.584. The molecule has 0 heterocycles. The average molecular weight is 254 g/mol. The first kappa shape index (κ1) is 14.3. The lowest BCUT2D eigenvalue weighted by Gasteiger charge is -2.16. The van der Waals surface area contributed by atoms with E-state index in [9.17, 15) is 4.79 Å². The second-order valence-corrected chi connectivity index (χ2v) is 4.10. The molecule has 4 N–H and O–H groups in total. The van der Waals surface area contributed by atoms with Crippen LogP contribution in [0.1, 0.15) is 10.4 Å². The number of carbonyl (C=O) groups is 1. The Balaban J connectivity index is 2.73. The predicted octanol–water partition coefficient (Wildman–Crippen LogP) is -0.155. The lowest BCUT2D eigenvalue weighted by molar-refractivity contribution is 0.00934. The first-order chi connectivity index (χ1) is 8.45. The average Bonchev–Trinajstić information content (AvgIpc) is 2.34. The van der Waals surface area contributed by atoms with Crippen molar-refractivity contribution in [2.75, 3.05) is 37.9 Å². The predicted molar refractivity (Wildman–Crippen MR) is 68.6 cm³/mol. The Bertz CT molecular complexity index is 421. The van der Waals surface area contributed by atoms with Gasteiger partial charge < -0.3 is 25.6 Å². The zero-order valence-corrected chi connectivity index (χ0v) is 10.5. The number of aliphatic hydroxyl groups excluding tert-OH is 2. The zero-order chi connectivity index (χ0) is 13.7. The molecule has 0 fully saturated rings. The number of anilines is 2. The van der Waals surface area contributed by atoms with Crippen LogP contribution in [0, 0.1) is 0 Å². The number of aliphatic hydroxyl groups is 2. The number of carbonyl (C=O) groups excluding carboxylic acids is 1. The number of ether oxygens (including phenoxy) is 1. The Kier molecular flexibility index (Phi) is 4.94. The number of nitrogen functional groups attached to an aromatic ring is 1. The van der Waals surface area contributed by atoms with Crippen molar-refractivity contribution in [1.82, 2.24) is 0 Å². The molecule has 0 saturated carbocycles. The van der Waals surface area contributed by atoms with Crippen molar-refractivity contribution in [3.05, 3.63) is 23.8 Å². The van der Waals surface area contributed by atoms with Gasteiger partial charge in [0.1, 0.15) is 12.7 Å². The van der Waals surface area contributed by atoms with Crippen LogP contribution < -0.4 is 10.6 Å². The Morgan fingerprint density at radius 3 is 2.67 bits per heavy atom. The maximum Gasteiger partial charge on any atom is 0.338 e. The molecular formula is C12H18N2O4. The molecule has 6 nitrogen and oxygen atoms in total. The fourth-order valence-corrected chi connectivity index (χ4v) is 1.40. The number of hydrogen-bond acceptors (Lipinski definition) is 6. The van der Waals surface area contributed by atoms with Crippen LogP contribution in [0.2, 0.25) is 0 Å². The Hall–Kier alpha value is -1.79. The third-order valence-electron chi connectivity index (χ3n) is 2.36. The van der Waals surface area contributed by atoms with E-state index in [1.54, 1.807) is 12.1 Å². The number of hydrogen-bond donors (Lipinski definition) is 3. The smallest absolute Gasteiger partial charge is 0.338 e. The van der Waals surface area contributed by atoms with Crippen molar-refractivity contribution in [3.63, 3.8) is 0 Å². The van der Waals surface area contributed by atoms with Gasteiger partial charge in [0.05, 0.1) is 23.5 Å². The van der Waals surface area contributed by atoms with Crippen LogP contribution in [0.25, 0.3) is 0 Å². The van der Waals surface area contributed by atoms with E-state index < -0.39 is 18.7 Å². The summed E-state index contributed by atoms with van der Waals surface area (Å²) in [5.41, 5.74) is 7.39. The molecule has 0 bridgehead atoms. The zero-order valence-electron chi connectivity index (χ0n) is 10.5. The molecule has 0 radical (unpaired) electrons. The minimum absolute atomic E-state index is 0.245. The quantitative estimate of drug-likeness (QED) is 0.499. The third-order valence-corrected chi connectivity index (χ3v) is 2.36. The third kappa shape index (κ3) is 3.61. The summed E-state index contributed by atoms with van der Waals surface area (Å²) in [6.45, 7) is -0.695. The molecule has 0 aliphatic heterocycles. The van der Waals surface area contributed by atoms with Crippen molar-refractivity contribution >= 4 is 17.3 Å². The van der Waals surface area contributed by atoms with E-state index in [1.165, 1.54) is 6.07 Å². The molecule has 0 aliphatic carbocycles. The highest BCUT2D eigenvalue weighted by molar-refractivity contribution is 5.92. The van der Waals surface area contributed by atoms with Crippen molar-refractivity contribution in [2.45, 2.75) is 6.10 Å². The van der Waals surface area contributed by atoms with Gasteiger partial charge in [0, 0.05) is 14.1 Å². The first-order valence-corrected chi connectivity index (χ1v) is 5.48. The highest BCUT2D eigenvalue weighted by Crippen LogP contribution is 2.22. The second-order valence-electron chi connectivity index (χ2n) is 4.10. The number of nitrogens with two attached hydrogens (primary N) is 1. The summed E-state index contributed by atoms with van der Waals surface area (Å²) in [4.78, 5) is 13.4. The summed E-state index contributed by atoms with van der Waals surface area (Å²) in [5, 5.41) is 17.7. The van der Waals surface area contributed by atoms with Gasteiger partial charge >= 0.3 is 5.97 Å². The van der Waals surface area contributed by atoms with Crippen molar-refractivity contribution in [2.24, 2.45) is 0 Å². The van der Waals surface area contributed by atoms with Gasteiger partial charge in [-0.05, 0) is 18.2 Å². The minimum Gasteiger partial charge on any atom is -0.459 e. The van der Waals surface area contributed by atoms with Gasteiger partial charge in [0.15, 0.2) is 0 Å². The molecule has 6 heteroatoms. The summed E-state index contributed by atoms with van der Waals surface area (Å²) in [7, 11) is 3.70. The monoisotopic (exact) mass is 254 g/mol. The SMILES string of the molecule is CN(C)c1ccc(C(=O)OCC(O)CO)cc1N. The molecule has 0 aromatic heterocycles. The van der Waals surface area contributed by atoms with E-state index >= 15 is 0 Å². The molecule has 1 unspecified atom stereocenters. The Morgan fingerprint density at radius 2 is 2.17 bits per heavy atom. The lowest BCUT2D eigenvalue weighted by atomic mass is 10.1. The van der Waals surface area contributed by atoms with Crippen LogP contribution in [0.4, 0.5) is 11.4 Å². The number of nitrogens with zero attached hydrogens (tertiary/aromatic N) is 1. The molecule has 1 atom stereocenters. The van der Waals surface area contributed by atoms with Gasteiger partial charge in [0.25, 0.3) is 0 Å². The topological polar surface area (TPSA) is 96.0 Å². The molecule has 0 amide bonds. The van der Waals surface area contributed by atoms with Gasteiger partial charge in [-0.1, -0.05) is 0 Å². The molecule has 0 aliphatic rings. The van der Waals surface area contributed by atoms with Gasteiger partial charge in [-0.25, -0.2) is 4.79 Å². The van der Waals surface area contributed by atoms with Crippen molar-refractivity contribution in [1.29, 1.82) is 0 Å². The molecule has 1 rings (SSSR count). The fraction of sp³-hybridized carbons (Fsp3) is 0.417. The molecule has 0 spiro atoms. The number of benzene rings is 1. The van der Waals surface area contributed by atoms with E-state index in [0.717, 1.165) is 5.69 Å². The first-order valence-electron chi connectivity index (χ1n) is 5.48. The van der Waals surface area contributed by atoms with Gasteiger partial charge in [-0.2, -0.15) is 0 Å². The highest BCUT2D eigenvalue weighted by atomic mass is 16.5. The van der Waals surface area contributed by atoms with Crippen LogP contribution in [0.15, 0.2) is 18.2 Å².